The first-order chi connectivity index (χ1) is 14.7. The summed E-state index contributed by atoms with van der Waals surface area (Å²) in [6.07, 6.45) is 3.17. The van der Waals surface area contributed by atoms with Crippen molar-refractivity contribution in [3.05, 3.63) is 42.5 Å². The Labute approximate surface area is 177 Å². The third-order valence-corrected chi connectivity index (χ3v) is 5.47. The number of aromatic hydroxyl groups is 1. The second-order valence-electron chi connectivity index (χ2n) is 7.76. The van der Waals surface area contributed by atoms with Crippen molar-refractivity contribution in [3.63, 3.8) is 0 Å². The van der Waals surface area contributed by atoms with E-state index in [1.807, 2.05) is 42.5 Å². The molecule has 160 valence electrons. The van der Waals surface area contributed by atoms with E-state index in [0.29, 0.717) is 19.8 Å². The number of epoxide rings is 1. The molecule has 1 aliphatic rings. The molecule has 1 aliphatic heterocycles. The first-order valence-corrected chi connectivity index (χ1v) is 10.9. The van der Waals surface area contributed by atoms with Crippen LogP contribution >= 0.6 is 0 Å². The zero-order valence-electron chi connectivity index (χ0n) is 17.7. The summed E-state index contributed by atoms with van der Waals surface area (Å²) in [5.74, 6) is 1.78. The Morgan fingerprint density at radius 2 is 1.80 bits per heavy atom. The van der Waals surface area contributed by atoms with Gasteiger partial charge in [0, 0.05) is 21.5 Å². The number of fused-ring (bicyclic) bond motifs is 2. The minimum atomic E-state index is -0.00605. The molecule has 1 heterocycles. The van der Waals surface area contributed by atoms with Crippen molar-refractivity contribution in [2.75, 3.05) is 26.4 Å². The zero-order valence-corrected chi connectivity index (χ0v) is 17.7. The summed E-state index contributed by atoms with van der Waals surface area (Å²) in [6, 6.07) is 13.6. The van der Waals surface area contributed by atoms with Crippen molar-refractivity contribution < 1.29 is 24.1 Å². The lowest BCUT2D eigenvalue weighted by Gasteiger charge is -2.20. The van der Waals surface area contributed by atoms with E-state index in [2.05, 4.69) is 13.8 Å². The van der Waals surface area contributed by atoms with E-state index in [9.17, 15) is 5.11 Å². The van der Waals surface area contributed by atoms with E-state index in [0.717, 1.165) is 58.9 Å². The van der Waals surface area contributed by atoms with Gasteiger partial charge in [0.2, 0.25) is 0 Å². The molecule has 0 saturated carbocycles. The number of unbranched alkanes of at least 4 members (excludes halogenated alkanes) is 1. The van der Waals surface area contributed by atoms with Gasteiger partial charge < -0.3 is 24.1 Å². The zero-order chi connectivity index (χ0) is 20.9. The molecule has 30 heavy (non-hydrogen) atoms. The number of hydrogen-bond acceptors (Lipinski definition) is 5. The summed E-state index contributed by atoms with van der Waals surface area (Å²) in [4.78, 5) is 0. The molecule has 0 aliphatic carbocycles. The Balaban J connectivity index is 1.65. The lowest BCUT2D eigenvalue weighted by molar-refractivity contribution is 0.0114. The third-order valence-electron chi connectivity index (χ3n) is 5.47. The number of hydrogen-bond donors (Lipinski definition) is 1. The van der Waals surface area contributed by atoms with Crippen molar-refractivity contribution in [3.8, 4) is 17.2 Å². The van der Waals surface area contributed by atoms with Crippen LogP contribution in [0.1, 0.15) is 33.1 Å². The average Bonchev–Trinajstić information content (AvgIpc) is 3.60. The molecule has 2 atom stereocenters. The molecule has 1 N–H and O–H groups in total. The number of ether oxygens (including phenoxy) is 4. The van der Waals surface area contributed by atoms with E-state index >= 15 is 0 Å². The summed E-state index contributed by atoms with van der Waals surface area (Å²) in [7, 11) is 0. The smallest absolute Gasteiger partial charge is 0.135 e. The summed E-state index contributed by atoms with van der Waals surface area (Å²) >= 11 is 0. The summed E-state index contributed by atoms with van der Waals surface area (Å²) < 4.78 is 23.3. The van der Waals surface area contributed by atoms with Crippen molar-refractivity contribution >= 4 is 21.5 Å². The minimum absolute atomic E-state index is 0.00605. The van der Waals surface area contributed by atoms with Crippen LogP contribution in [0, 0.1) is 0 Å². The highest BCUT2D eigenvalue weighted by molar-refractivity contribution is 6.11. The van der Waals surface area contributed by atoms with Crippen molar-refractivity contribution in [1.29, 1.82) is 0 Å². The fraction of sp³-hybridized carbons (Fsp3) is 0.440. The normalized spacial score (nSPS) is 16.7. The molecule has 0 bridgehead atoms. The molecule has 0 aromatic heterocycles. The Morgan fingerprint density at radius 3 is 2.53 bits per heavy atom. The number of benzene rings is 3. The van der Waals surface area contributed by atoms with Crippen LogP contribution in [0.4, 0.5) is 0 Å². The monoisotopic (exact) mass is 410 g/mol. The molecule has 1 saturated heterocycles. The molecule has 0 radical (unpaired) electrons. The molecular formula is C25H30O5. The molecule has 0 spiro atoms. The van der Waals surface area contributed by atoms with E-state index in [1.54, 1.807) is 0 Å². The largest absolute Gasteiger partial charge is 0.507 e. The first kappa shape index (κ1) is 20.8. The quantitative estimate of drug-likeness (QED) is 0.259. The Morgan fingerprint density at radius 1 is 1.03 bits per heavy atom. The molecule has 3 aromatic rings. The maximum absolute atomic E-state index is 11.0. The fourth-order valence-electron chi connectivity index (χ4n) is 3.54. The highest BCUT2D eigenvalue weighted by Gasteiger charge is 2.24. The predicted octanol–water partition coefficient (Wildman–Crippen LogP) is 5.45. The van der Waals surface area contributed by atoms with E-state index in [1.165, 1.54) is 0 Å². The Kier molecular flexibility index (Phi) is 6.60. The van der Waals surface area contributed by atoms with Crippen LogP contribution in [0.5, 0.6) is 17.2 Å². The van der Waals surface area contributed by atoms with E-state index < -0.39 is 0 Å². The second-order valence-corrected chi connectivity index (χ2v) is 7.76. The standard InChI is InChI=1S/C25H30O5/c1-3-5-12-27-18-10-11-22-23(13-18)24(26)20-8-6-7-9-21(20)25(22)30-14-17(4-2)28-15-19-16-29-19/h6-11,13,17,19,26H,3-5,12,14-16H2,1-2H3. The van der Waals surface area contributed by atoms with Gasteiger partial charge in [0.25, 0.3) is 0 Å². The van der Waals surface area contributed by atoms with Gasteiger partial charge in [0.15, 0.2) is 0 Å². The highest BCUT2D eigenvalue weighted by Crippen LogP contribution is 2.43. The van der Waals surface area contributed by atoms with Gasteiger partial charge in [-0.25, -0.2) is 0 Å². The van der Waals surface area contributed by atoms with Crippen LogP contribution in [0.3, 0.4) is 0 Å². The molecule has 5 heteroatoms. The van der Waals surface area contributed by atoms with Gasteiger partial charge in [-0.1, -0.05) is 44.5 Å². The average molecular weight is 411 g/mol. The Bertz CT molecular complexity index is 996. The van der Waals surface area contributed by atoms with Crippen LogP contribution in [-0.4, -0.2) is 43.7 Å². The SMILES string of the molecule is CCCCOc1ccc2c(OCC(CC)OCC3CO3)c3ccccc3c(O)c2c1. The fourth-order valence-corrected chi connectivity index (χ4v) is 3.54. The second kappa shape index (κ2) is 9.54. The van der Waals surface area contributed by atoms with Crippen molar-refractivity contribution in [2.45, 2.75) is 45.3 Å². The van der Waals surface area contributed by atoms with Crippen molar-refractivity contribution in [2.24, 2.45) is 0 Å². The molecule has 3 aromatic carbocycles. The van der Waals surface area contributed by atoms with Crippen LogP contribution in [0.25, 0.3) is 21.5 Å². The molecule has 4 rings (SSSR count). The maximum atomic E-state index is 11.0. The van der Waals surface area contributed by atoms with Crippen molar-refractivity contribution in [1.82, 2.24) is 0 Å². The van der Waals surface area contributed by atoms with Gasteiger partial charge in [-0.15, -0.1) is 0 Å². The Hall–Kier alpha value is -2.50. The van der Waals surface area contributed by atoms with Crippen LogP contribution in [0.2, 0.25) is 0 Å². The van der Waals surface area contributed by atoms with E-state index in [-0.39, 0.29) is 18.0 Å². The summed E-state index contributed by atoms with van der Waals surface area (Å²) in [5, 5.41) is 14.2. The van der Waals surface area contributed by atoms with Crippen LogP contribution in [-0.2, 0) is 9.47 Å². The lowest BCUT2D eigenvalue weighted by atomic mass is 10.0. The van der Waals surface area contributed by atoms with Gasteiger partial charge in [-0.2, -0.15) is 0 Å². The van der Waals surface area contributed by atoms with E-state index in [4.69, 9.17) is 18.9 Å². The molecule has 2 unspecified atom stereocenters. The van der Waals surface area contributed by atoms with Gasteiger partial charge >= 0.3 is 0 Å². The maximum Gasteiger partial charge on any atom is 0.135 e. The topological polar surface area (TPSA) is 60.5 Å². The van der Waals surface area contributed by atoms with Gasteiger partial charge in [0.05, 0.1) is 25.9 Å². The van der Waals surface area contributed by atoms with Gasteiger partial charge in [-0.05, 0) is 31.0 Å². The number of rotatable bonds is 11. The molecule has 0 amide bonds. The van der Waals surface area contributed by atoms with Crippen LogP contribution < -0.4 is 9.47 Å². The van der Waals surface area contributed by atoms with Crippen LogP contribution in [0.15, 0.2) is 42.5 Å². The lowest BCUT2D eigenvalue weighted by Crippen LogP contribution is -2.23. The van der Waals surface area contributed by atoms with Gasteiger partial charge in [0.1, 0.15) is 30.0 Å². The minimum Gasteiger partial charge on any atom is -0.507 e. The third kappa shape index (κ3) is 4.63. The number of phenols is 1. The first-order valence-electron chi connectivity index (χ1n) is 10.9. The highest BCUT2D eigenvalue weighted by atomic mass is 16.6. The predicted molar refractivity (Wildman–Crippen MR) is 119 cm³/mol. The van der Waals surface area contributed by atoms with Gasteiger partial charge in [-0.3, -0.25) is 0 Å². The summed E-state index contributed by atoms with van der Waals surface area (Å²) in [5.41, 5.74) is 0. The number of phenolic OH excluding ortho intramolecular Hbond substituents is 1. The molecule has 5 nitrogen and oxygen atoms in total. The molecule has 1 fully saturated rings. The molecular weight excluding hydrogens is 380 g/mol. The summed E-state index contributed by atoms with van der Waals surface area (Å²) in [6.45, 7) is 6.73.